The fraction of sp³-hybridized carbons (Fsp3) is 0.556. The van der Waals surface area contributed by atoms with Crippen LogP contribution in [0.1, 0.15) is 56.3 Å². The van der Waals surface area contributed by atoms with Gasteiger partial charge in [-0.1, -0.05) is 12.8 Å². The molecule has 1 aromatic carbocycles. The van der Waals surface area contributed by atoms with Crippen molar-refractivity contribution in [2.45, 2.75) is 51.5 Å². The summed E-state index contributed by atoms with van der Waals surface area (Å²) in [5.74, 6) is -0.0521. The predicted octanol–water partition coefficient (Wildman–Crippen LogP) is 3.00. The highest BCUT2D eigenvalue weighted by Crippen LogP contribution is 2.34. The molecule has 1 amide bonds. The van der Waals surface area contributed by atoms with Crippen molar-refractivity contribution >= 4 is 11.9 Å². The van der Waals surface area contributed by atoms with Crippen LogP contribution < -0.4 is 14.8 Å². The first-order valence-electron chi connectivity index (χ1n) is 8.43. The van der Waals surface area contributed by atoms with Crippen LogP contribution >= 0.6 is 0 Å². The first-order chi connectivity index (χ1) is 11.5. The molecule has 24 heavy (non-hydrogen) atoms. The van der Waals surface area contributed by atoms with Gasteiger partial charge in [-0.15, -0.1) is 0 Å². The second-order valence-corrected chi connectivity index (χ2v) is 6.04. The summed E-state index contributed by atoms with van der Waals surface area (Å²) >= 11 is 0. The number of amides is 1. The summed E-state index contributed by atoms with van der Waals surface area (Å²) in [7, 11) is 0. The Labute approximate surface area is 142 Å². The van der Waals surface area contributed by atoms with E-state index in [-0.39, 0.29) is 12.3 Å². The fourth-order valence-corrected chi connectivity index (χ4v) is 3.19. The average molecular weight is 335 g/mol. The molecule has 0 heterocycles. The van der Waals surface area contributed by atoms with Gasteiger partial charge in [-0.05, 0) is 44.9 Å². The zero-order chi connectivity index (χ0) is 17.6. The van der Waals surface area contributed by atoms with Gasteiger partial charge >= 0.3 is 5.97 Å². The van der Waals surface area contributed by atoms with Crippen LogP contribution in [-0.2, 0) is 4.79 Å². The normalized spacial score (nSPS) is 15.8. The Morgan fingerprint density at radius 2 is 1.75 bits per heavy atom. The summed E-state index contributed by atoms with van der Waals surface area (Å²) in [5, 5.41) is 12.1. The molecule has 1 fully saturated rings. The molecule has 1 saturated carbocycles. The van der Waals surface area contributed by atoms with E-state index in [0.29, 0.717) is 43.1 Å². The molecule has 2 N–H and O–H groups in total. The molecule has 0 saturated heterocycles. The lowest BCUT2D eigenvalue weighted by Crippen LogP contribution is -2.47. The third-order valence-corrected chi connectivity index (χ3v) is 4.23. The average Bonchev–Trinajstić information content (AvgIpc) is 2.96. The third kappa shape index (κ3) is 4.40. The largest absolute Gasteiger partial charge is 0.490 e. The van der Waals surface area contributed by atoms with Crippen molar-refractivity contribution in [2.24, 2.45) is 0 Å². The van der Waals surface area contributed by atoms with Gasteiger partial charge in [0.1, 0.15) is 0 Å². The van der Waals surface area contributed by atoms with E-state index >= 15 is 0 Å². The third-order valence-electron chi connectivity index (χ3n) is 4.23. The van der Waals surface area contributed by atoms with E-state index in [9.17, 15) is 9.59 Å². The summed E-state index contributed by atoms with van der Waals surface area (Å²) in [6.07, 6.45) is 3.21. The van der Waals surface area contributed by atoms with Crippen molar-refractivity contribution in [1.29, 1.82) is 0 Å². The van der Waals surface area contributed by atoms with Crippen LogP contribution in [0.5, 0.6) is 11.5 Å². The Hall–Kier alpha value is -2.24. The first-order valence-corrected chi connectivity index (χ1v) is 8.43. The molecule has 0 radical (unpaired) electrons. The fourth-order valence-electron chi connectivity index (χ4n) is 3.19. The van der Waals surface area contributed by atoms with Crippen molar-refractivity contribution in [3.63, 3.8) is 0 Å². The number of carboxylic acids is 1. The maximum atomic E-state index is 12.6. The molecular weight excluding hydrogens is 310 g/mol. The minimum atomic E-state index is -0.890. The molecule has 0 unspecified atom stereocenters. The molecule has 0 aromatic heterocycles. The van der Waals surface area contributed by atoms with Gasteiger partial charge in [0.15, 0.2) is 11.5 Å². The highest BCUT2D eigenvalue weighted by Gasteiger charge is 2.37. The second-order valence-electron chi connectivity index (χ2n) is 6.04. The number of nitrogens with one attached hydrogen (secondary N) is 1. The monoisotopic (exact) mass is 335 g/mol. The van der Waals surface area contributed by atoms with Gasteiger partial charge in [-0.25, -0.2) is 0 Å². The minimum absolute atomic E-state index is 0.0475. The van der Waals surface area contributed by atoms with E-state index < -0.39 is 11.5 Å². The Bertz CT molecular complexity index is 593. The van der Waals surface area contributed by atoms with E-state index in [0.717, 1.165) is 12.8 Å². The topological polar surface area (TPSA) is 84.9 Å². The van der Waals surface area contributed by atoms with E-state index in [1.807, 2.05) is 13.8 Å². The van der Waals surface area contributed by atoms with E-state index in [1.54, 1.807) is 18.2 Å². The highest BCUT2D eigenvalue weighted by molar-refractivity contribution is 5.95. The zero-order valence-electron chi connectivity index (χ0n) is 14.3. The molecule has 6 nitrogen and oxygen atoms in total. The smallest absolute Gasteiger partial charge is 0.305 e. The molecule has 1 aliphatic carbocycles. The number of rotatable bonds is 8. The number of hydrogen-bond acceptors (Lipinski definition) is 4. The zero-order valence-corrected chi connectivity index (χ0v) is 14.3. The second kappa shape index (κ2) is 8.04. The maximum Gasteiger partial charge on any atom is 0.305 e. The van der Waals surface area contributed by atoms with Crippen LogP contribution in [0.15, 0.2) is 18.2 Å². The van der Waals surface area contributed by atoms with Gasteiger partial charge in [0.25, 0.3) is 5.91 Å². The maximum absolute atomic E-state index is 12.6. The molecule has 1 aliphatic rings. The Morgan fingerprint density at radius 3 is 2.33 bits per heavy atom. The molecule has 0 aliphatic heterocycles. The van der Waals surface area contributed by atoms with Gasteiger partial charge < -0.3 is 19.9 Å². The number of hydrogen-bond donors (Lipinski definition) is 2. The molecule has 1 aromatic rings. The quantitative estimate of drug-likeness (QED) is 0.763. The summed E-state index contributed by atoms with van der Waals surface area (Å²) in [6, 6.07) is 5.03. The van der Waals surface area contributed by atoms with E-state index in [2.05, 4.69) is 5.32 Å². The van der Waals surface area contributed by atoms with Gasteiger partial charge in [0.05, 0.1) is 25.2 Å². The van der Waals surface area contributed by atoms with Crippen LogP contribution in [0.3, 0.4) is 0 Å². The Morgan fingerprint density at radius 1 is 1.12 bits per heavy atom. The SMILES string of the molecule is CCOc1ccc(C(=O)NC2(CC(=O)O)CCCC2)cc1OCC. The summed E-state index contributed by atoms with van der Waals surface area (Å²) in [4.78, 5) is 23.8. The Balaban J connectivity index is 2.19. The first kappa shape index (κ1) is 18.1. The van der Waals surface area contributed by atoms with Crippen LogP contribution in [-0.4, -0.2) is 35.7 Å². The number of carboxylic acid groups (broad SMARTS) is 1. The standard InChI is InChI=1S/C18H25NO5/c1-3-23-14-8-7-13(11-15(14)24-4-2)17(22)19-18(12-16(20)21)9-5-6-10-18/h7-8,11H,3-6,9-10,12H2,1-2H3,(H,19,22)(H,20,21). The minimum Gasteiger partial charge on any atom is -0.490 e. The predicted molar refractivity (Wildman–Crippen MR) is 89.7 cm³/mol. The van der Waals surface area contributed by atoms with Crippen molar-refractivity contribution in [2.75, 3.05) is 13.2 Å². The summed E-state index contributed by atoms with van der Waals surface area (Å²) < 4.78 is 11.0. The van der Waals surface area contributed by atoms with Crippen molar-refractivity contribution in [3.05, 3.63) is 23.8 Å². The van der Waals surface area contributed by atoms with Crippen LogP contribution in [0.25, 0.3) is 0 Å². The lowest BCUT2D eigenvalue weighted by molar-refractivity contribution is -0.138. The van der Waals surface area contributed by atoms with Gasteiger partial charge in [0, 0.05) is 5.56 Å². The van der Waals surface area contributed by atoms with Gasteiger partial charge in [-0.3, -0.25) is 9.59 Å². The van der Waals surface area contributed by atoms with Gasteiger partial charge in [0.2, 0.25) is 0 Å². The van der Waals surface area contributed by atoms with Crippen molar-refractivity contribution in [1.82, 2.24) is 5.32 Å². The summed E-state index contributed by atoms with van der Waals surface area (Å²) in [6.45, 7) is 4.72. The van der Waals surface area contributed by atoms with Crippen molar-refractivity contribution in [3.8, 4) is 11.5 Å². The highest BCUT2D eigenvalue weighted by atomic mass is 16.5. The van der Waals surface area contributed by atoms with Crippen LogP contribution in [0, 0.1) is 0 Å². The molecule has 0 bridgehead atoms. The number of ether oxygens (including phenoxy) is 2. The molecule has 132 valence electrons. The van der Waals surface area contributed by atoms with Crippen molar-refractivity contribution < 1.29 is 24.2 Å². The number of carbonyl (C=O) groups is 2. The molecule has 6 heteroatoms. The number of carbonyl (C=O) groups excluding carboxylic acids is 1. The van der Waals surface area contributed by atoms with Crippen LogP contribution in [0.2, 0.25) is 0 Å². The molecular formula is C18H25NO5. The van der Waals surface area contributed by atoms with E-state index in [1.165, 1.54) is 0 Å². The summed E-state index contributed by atoms with van der Waals surface area (Å²) in [5.41, 5.74) is -0.202. The van der Waals surface area contributed by atoms with Crippen LogP contribution in [0.4, 0.5) is 0 Å². The lowest BCUT2D eigenvalue weighted by Gasteiger charge is -2.28. The lowest BCUT2D eigenvalue weighted by atomic mass is 9.92. The molecule has 0 spiro atoms. The number of benzene rings is 1. The number of aliphatic carboxylic acids is 1. The Kier molecular flexibility index (Phi) is 6.06. The van der Waals surface area contributed by atoms with Gasteiger partial charge in [-0.2, -0.15) is 0 Å². The molecule has 0 atom stereocenters. The molecule has 2 rings (SSSR count). The van der Waals surface area contributed by atoms with E-state index in [4.69, 9.17) is 14.6 Å².